The zero-order valence-electron chi connectivity index (χ0n) is 13.3. The monoisotopic (exact) mass is 386 g/mol. The molecule has 0 atom stereocenters. The lowest BCUT2D eigenvalue weighted by atomic mass is 10.1. The summed E-state index contributed by atoms with van der Waals surface area (Å²) in [6, 6.07) is 0. The second-order valence-corrected chi connectivity index (χ2v) is 5.24. The molecular weight excluding hydrogens is 376 g/mol. The molecule has 0 spiro atoms. The van der Waals surface area contributed by atoms with Gasteiger partial charge in [-0.2, -0.15) is 0 Å². The largest absolute Gasteiger partial charge is 0.231 e. The average Bonchev–Trinajstić information content (AvgIpc) is 2.63. The van der Waals surface area contributed by atoms with E-state index < -0.39 is 82.0 Å². The van der Waals surface area contributed by atoms with Crippen molar-refractivity contribution in [2.24, 2.45) is 0 Å². The Hall–Kier alpha value is -2.20. The molecule has 0 heterocycles. The van der Waals surface area contributed by atoms with Crippen LogP contribution in [0.15, 0.2) is 0 Å². The van der Waals surface area contributed by atoms with E-state index >= 15 is 0 Å². The van der Waals surface area contributed by atoms with E-state index in [-0.39, 0.29) is 0 Å². The average molecular weight is 386 g/mol. The minimum Gasteiger partial charge on any atom is -0.231 e. The molecule has 0 radical (unpaired) electrons. The Balaban J connectivity index is 2.14. The van der Waals surface area contributed by atoms with E-state index in [9.17, 15) is 35.1 Å². The van der Waals surface area contributed by atoms with Gasteiger partial charge in [0.25, 0.3) is 0 Å². The molecule has 2 rings (SSSR count). The Morgan fingerprint density at radius 1 is 0.462 bits per heavy atom. The van der Waals surface area contributed by atoms with Crippen LogP contribution < -0.4 is 0 Å². The lowest BCUT2D eigenvalue weighted by Crippen LogP contribution is -2.10. The van der Waals surface area contributed by atoms with Crippen molar-refractivity contribution >= 4 is 0 Å². The summed E-state index contributed by atoms with van der Waals surface area (Å²) in [6.45, 7) is -0.595. The highest BCUT2D eigenvalue weighted by Crippen LogP contribution is 2.26. The minimum atomic E-state index is -1.94. The molecule has 0 unspecified atom stereocenters. The van der Waals surface area contributed by atoms with E-state index in [1.54, 1.807) is 0 Å². The first kappa shape index (κ1) is 20.1. The van der Waals surface area contributed by atoms with Gasteiger partial charge in [0, 0.05) is 11.1 Å². The van der Waals surface area contributed by atoms with Gasteiger partial charge in [-0.25, -0.2) is 44.9 Å². The van der Waals surface area contributed by atoms with Gasteiger partial charge in [0.15, 0.2) is 40.7 Å². The number of halogens is 8. The molecule has 2 aromatic rings. The highest BCUT2D eigenvalue weighted by Gasteiger charge is 2.25. The van der Waals surface area contributed by atoms with Gasteiger partial charge in [-0.15, -0.1) is 0 Å². The summed E-state index contributed by atoms with van der Waals surface area (Å²) in [4.78, 5) is 8.60. The summed E-state index contributed by atoms with van der Waals surface area (Å²) < 4.78 is 108. The van der Waals surface area contributed by atoms with Crippen LogP contribution in [0.5, 0.6) is 0 Å². The lowest BCUT2D eigenvalue weighted by Gasteiger charge is -2.11. The van der Waals surface area contributed by atoms with Gasteiger partial charge in [-0.05, 0) is 13.8 Å². The normalized spacial score (nSPS) is 11.3. The number of rotatable bonds is 5. The van der Waals surface area contributed by atoms with Gasteiger partial charge in [0.05, 0.1) is 11.1 Å². The van der Waals surface area contributed by atoms with Crippen molar-refractivity contribution in [1.29, 1.82) is 0 Å². The molecule has 2 nitrogen and oxygen atoms in total. The Morgan fingerprint density at radius 3 is 1.23 bits per heavy atom. The first-order chi connectivity index (χ1) is 12.1. The van der Waals surface area contributed by atoms with Crippen LogP contribution in [-0.4, -0.2) is 0 Å². The van der Waals surface area contributed by atoms with Crippen LogP contribution in [0, 0.1) is 60.4 Å². The van der Waals surface area contributed by atoms with E-state index in [4.69, 9.17) is 0 Å². The summed E-state index contributed by atoms with van der Waals surface area (Å²) >= 11 is 0. The highest BCUT2D eigenvalue weighted by molar-refractivity contribution is 5.29. The predicted molar refractivity (Wildman–Crippen MR) is 71.6 cm³/mol. The Kier molecular flexibility index (Phi) is 5.87. The second-order valence-electron chi connectivity index (χ2n) is 5.24. The molecule has 10 heteroatoms. The Morgan fingerprint density at radius 2 is 0.769 bits per heavy atom. The molecule has 0 amide bonds. The maximum Gasteiger partial charge on any atom is 0.195 e. The van der Waals surface area contributed by atoms with Gasteiger partial charge in [-0.1, -0.05) is 0 Å². The van der Waals surface area contributed by atoms with Crippen LogP contribution in [0.3, 0.4) is 0 Å². The van der Waals surface area contributed by atoms with Crippen LogP contribution in [-0.2, 0) is 23.0 Å². The van der Waals surface area contributed by atoms with Crippen LogP contribution in [0.4, 0.5) is 35.1 Å². The minimum absolute atomic E-state index is 0.814. The summed E-state index contributed by atoms with van der Waals surface area (Å²) in [7, 11) is 0. The topological polar surface area (TPSA) is 18.5 Å². The fourth-order valence-electron chi connectivity index (χ4n) is 2.05. The van der Waals surface area contributed by atoms with Crippen LogP contribution >= 0.6 is 0 Å². The summed E-state index contributed by atoms with van der Waals surface area (Å²) in [5.74, 6) is -13.7. The quantitative estimate of drug-likeness (QED) is 0.179. The Bertz CT molecular complexity index is 737. The van der Waals surface area contributed by atoms with Crippen molar-refractivity contribution in [1.82, 2.24) is 0 Å². The van der Waals surface area contributed by atoms with E-state index in [1.807, 2.05) is 0 Å². The molecule has 0 aliphatic heterocycles. The lowest BCUT2D eigenvalue weighted by molar-refractivity contribution is -0.314. The van der Waals surface area contributed by atoms with Crippen LogP contribution in [0.25, 0.3) is 0 Å². The maximum absolute atomic E-state index is 13.7. The van der Waals surface area contributed by atoms with Crippen molar-refractivity contribution in [3.8, 4) is 0 Å². The molecule has 0 aromatic heterocycles. The fraction of sp³-hybridized carbons (Fsp3) is 0.250. The fourth-order valence-corrected chi connectivity index (χ4v) is 2.05. The van der Waals surface area contributed by atoms with Gasteiger partial charge >= 0.3 is 0 Å². The molecule has 0 bridgehead atoms. The molecule has 0 aliphatic rings. The molecule has 0 N–H and O–H groups in total. The molecule has 0 saturated carbocycles. The van der Waals surface area contributed by atoms with E-state index in [2.05, 4.69) is 9.78 Å². The molecule has 0 fully saturated rings. The molecule has 142 valence electrons. The van der Waals surface area contributed by atoms with Crippen molar-refractivity contribution in [2.45, 2.75) is 27.1 Å². The third-order valence-corrected chi connectivity index (χ3v) is 3.64. The van der Waals surface area contributed by atoms with Crippen molar-refractivity contribution in [3.05, 3.63) is 68.8 Å². The smallest absolute Gasteiger partial charge is 0.195 e. The molecule has 0 aliphatic carbocycles. The van der Waals surface area contributed by atoms with Crippen molar-refractivity contribution in [2.75, 3.05) is 0 Å². The third-order valence-electron chi connectivity index (χ3n) is 3.64. The van der Waals surface area contributed by atoms with Crippen molar-refractivity contribution < 1.29 is 44.9 Å². The summed E-state index contributed by atoms with van der Waals surface area (Å²) in [6.07, 6.45) is 0. The van der Waals surface area contributed by atoms with E-state index in [0.717, 1.165) is 13.8 Å². The number of hydrogen-bond donors (Lipinski definition) is 0. The zero-order chi connectivity index (χ0) is 19.8. The van der Waals surface area contributed by atoms with Gasteiger partial charge in [-0.3, -0.25) is 0 Å². The standard InChI is InChI=1S/C16H10F8O2/c1-5-9(17)7(15(23)16(24)12(5)20)3-25-26-4-8-13(21)10(18)6(2)11(19)14(8)22/h3-4H2,1-2H3. The van der Waals surface area contributed by atoms with E-state index in [1.165, 1.54) is 0 Å². The first-order valence-electron chi connectivity index (χ1n) is 6.96. The number of benzene rings is 2. The maximum atomic E-state index is 13.7. The molecular formula is C16H10F8O2. The molecule has 26 heavy (non-hydrogen) atoms. The van der Waals surface area contributed by atoms with Gasteiger partial charge in [0.2, 0.25) is 0 Å². The van der Waals surface area contributed by atoms with E-state index in [0.29, 0.717) is 0 Å². The SMILES string of the molecule is Cc1c(F)c(F)c(COOCc2c(F)c(C)c(F)c(F)c2F)c(F)c1F. The second kappa shape index (κ2) is 7.58. The highest BCUT2D eigenvalue weighted by atomic mass is 19.2. The Labute approximate surface area is 141 Å². The predicted octanol–water partition coefficient (Wildman–Crippen LogP) is 5.06. The third kappa shape index (κ3) is 3.38. The summed E-state index contributed by atoms with van der Waals surface area (Å²) in [5, 5.41) is 0. The first-order valence-corrected chi connectivity index (χ1v) is 6.96. The van der Waals surface area contributed by atoms with Crippen molar-refractivity contribution in [3.63, 3.8) is 0 Å². The van der Waals surface area contributed by atoms with Gasteiger partial charge in [0.1, 0.15) is 19.0 Å². The molecule has 0 saturated heterocycles. The molecule has 2 aromatic carbocycles. The van der Waals surface area contributed by atoms with Gasteiger partial charge < -0.3 is 0 Å². The van der Waals surface area contributed by atoms with Crippen LogP contribution in [0.2, 0.25) is 0 Å². The summed E-state index contributed by atoms with van der Waals surface area (Å²) in [5.41, 5.74) is -3.90. The number of hydrogen-bond acceptors (Lipinski definition) is 2. The van der Waals surface area contributed by atoms with Crippen LogP contribution in [0.1, 0.15) is 22.3 Å². The zero-order valence-corrected chi connectivity index (χ0v) is 13.3.